The Kier molecular flexibility index (Phi) is 5.17. The van der Waals surface area contributed by atoms with Gasteiger partial charge in [-0.05, 0) is 30.3 Å². The van der Waals surface area contributed by atoms with Crippen molar-refractivity contribution in [1.82, 2.24) is 9.97 Å². The van der Waals surface area contributed by atoms with Crippen molar-refractivity contribution < 1.29 is 23.8 Å². The molecular formula is C24H19N3O5. The average Bonchev–Trinajstić information content (AvgIpc) is 3.26. The van der Waals surface area contributed by atoms with Gasteiger partial charge >= 0.3 is 5.97 Å². The van der Waals surface area contributed by atoms with Crippen molar-refractivity contribution in [2.45, 2.75) is 0 Å². The molecule has 1 amide bonds. The number of anilines is 1. The van der Waals surface area contributed by atoms with Crippen molar-refractivity contribution in [3.8, 4) is 22.9 Å². The highest BCUT2D eigenvalue weighted by atomic mass is 16.6. The zero-order chi connectivity index (χ0) is 21.9. The molecule has 1 aliphatic rings. The van der Waals surface area contributed by atoms with Crippen LogP contribution in [0.25, 0.3) is 22.4 Å². The van der Waals surface area contributed by atoms with Gasteiger partial charge in [-0.3, -0.25) is 4.79 Å². The normalized spacial score (nSPS) is 12.4. The van der Waals surface area contributed by atoms with E-state index in [0.29, 0.717) is 47.3 Å². The lowest BCUT2D eigenvalue weighted by Crippen LogP contribution is -2.21. The molecular weight excluding hydrogens is 410 g/mol. The van der Waals surface area contributed by atoms with Crippen LogP contribution in [-0.4, -0.2) is 41.7 Å². The Balaban J connectivity index is 1.22. The summed E-state index contributed by atoms with van der Waals surface area (Å²) in [7, 11) is 0. The molecule has 8 nitrogen and oxygen atoms in total. The number of fused-ring (bicyclic) bond motifs is 2. The van der Waals surface area contributed by atoms with E-state index in [0.717, 1.165) is 11.1 Å². The molecule has 1 aromatic heterocycles. The number of carbonyl (C=O) groups is 2. The maximum Gasteiger partial charge on any atom is 0.338 e. The highest BCUT2D eigenvalue weighted by molar-refractivity contribution is 5.97. The van der Waals surface area contributed by atoms with Gasteiger partial charge in [-0.25, -0.2) is 9.78 Å². The second-order valence-corrected chi connectivity index (χ2v) is 7.17. The van der Waals surface area contributed by atoms with Gasteiger partial charge in [0.25, 0.3) is 5.91 Å². The van der Waals surface area contributed by atoms with E-state index in [9.17, 15) is 9.59 Å². The molecule has 0 spiro atoms. The van der Waals surface area contributed by atoms with Gasteiger partial charge in [0, 0.05) is 17.3 Å². The Bertz CT molecular complexity index is 1300. The number of hydrogen-bond donors (Lipinski definition) is 2. The second kappa shape index (κ2) is 8.43. The first kappa shape index (κ1) is 19.6. The van der Waals surface area contributed by atoms with E-state index >= 15 is 0 Å². The first-order valence-electron chi connectivity index (χ1n) is 10.1. The Labute approximate surface area is 183 Å². The number of H-pyrrole nitrogens is 1. The van der Waals surface area contributed by atoms with Crippen molar-refractivity contribution in [1.29, 1.82) is 0 Å². The summed E-state index contributed by atoms with van der Waals surface area (Å²) in [6.07, 6.45) is 0. The van der Waals surface area contributed by atoms with Crippen LogP contribution >= 0.6 is 0 Å². The molecule has 0 unspecified atom stereocenters. The van der Waals surface area contributed by atoms with Crippen LogP contribution in [0, 0.1) is 0 Å². The van der Waals surface area contributed by atoms with E-state index in [1.165, 1.54) is 0 Å². The lowest BCUT2D eigenvalue weighted by molar-refractivity contribution is -0.119. The molecule has 0 atom stereocenters. The van der Waals surface area contributed by atoms with E-state index in [4.69, 9.17) is 14.2 Å². The lowest BCUT2D eigenvalue weighted by Gasteiger charge is -2.19. The molecule has 8 heteroatoms. The van der Waals surface area contributed by atoms with Crippen molar-refractivity contribution >= 4 is 28.6 Å². The number of amides is 1. The Morgan fingerprint density at radius 3 is 2.62 bits per heavy atom. The number of esters is 1. The molecule has 0 aliphatic carbocycles. The summed E-state index contributed by atoms with van der Waals surface area (Å²) in [4.78, 5) is 32.4. The minimum atomic E-state index is -0.597. The van der Waals surface area contributed by atoms with Gasteiger partial charge in [0.05, 0.1) is 16.6 Å². The zero-order valence-corrected chi connectivity index (χ0v) is 17.0. The number of ether oxygens (including phenoxy) is 3. The van der Waals surface area contributed by atoms with Gasteiger partial charge in [0.2, 0.25) is 0 Å². The van der Waals surface area contributed by atoms with Crippen molar-refractivity contribution in [3.63, 3.8) is 0 Å². The molecule has 32 heavy (non-hydrogen) atoms. The van der Waals surface area contributed by atoms with E-state index < -0.39 is 18.5 Å². The summed E-state index contributed by atoms with van der Waals surface area (Å²) < 4.78 is 16.1. The minimum absolute atomic E-state index is 0.327. The number of nitrogens with zero attached hydrogens (tertiary/aromatic N) is 1. The van der Waals surface area contributed by atoms with Crippen molar-refractivity contribution in [2.24, 2.45) is 0 Å². The predicted octanol–water partition coefficient (Wildman–Crippen LogP) is 3.80. The van der Waals surface area contributed by atoms with Gasteiger partial charge in [-0.15, -0.1) is 0 Å². The smallest absolute Gasteiger partial charge is 0.338 e. The molecule has 0 bridgehead atoms. The molecule has 1 aliphatic heterocycles. The topological polar surface area (TPSA) is 103 Å². The van der Waals surface area contributed by atoms with Crippen LogP contribution in [0.5, 0.6) is 11.5 Å². The van der Waals surface area contributed by atoms with E-state index in [1.807, 2.05) is 30.3 Å². The van der Waals surface area contributed by atoms with Crippen LogP contribution < -0.4 is 14.8 Å². The summed E-state index contributed by atoms with van der Waals surface area (Å²) in [5.74, 6) is 0.855. The first-order valence-corrected chi connectivity index (χ1v) is 10.1. The largest absolute Gasteiger partial charge is 0.486 e. The second-order valence-electron chi connectivity index (χ2n) is 7.17. The predicted molar refractivity (Wildman–Crippen MR) is 118 cm³/mol. The number of nitrogens with one attached hydrogen (secondary N) is 2. The molecule has 160 valence electrons. The first-order chi connectivity index (χ1) is 15.7. The van der Waals surface area contributed by atoms with E-state index in [2.05, 4.69) is 15.3 Å². The fourth-order valence-corrected chi connectivity index (χ4v) is 3.40. The number of imidazole rings is 1. The highest BCUT2D eigenvalue weighted by Crippen LogP contribution is 2.32. The third-order valence-electron chi connectivity index (χ3n) is 4.93. The van der Waals surface area contributed by atoms with Crippen LogP contribution in [0.4, 0.5) is 5.69 Å². The Hall–Kier alpha value is -4.33. The van der Waals surface area contributed by atoms with Crippen molar-refractivity contribution in [2.75, 3.05) is 25.1 Å². The Morgan fingerprint density at radius 1 is 0.969 bits per heavy atom. The number of aromatic nitrogens is 2. The summed E-state index contributed by atoms with van der Waals surface area (Å²) in [6, 6.07) is 19.8. The molecule has 2 heterocycles. The standard InChI is InChI=1S/C24H19N3O5/c28-22(25-17-7-9-20-21(13-17)31-11-10-30-20)14-32-24(29)16-6-8-18-19(12-16)27-23(26-18)15-4-2-1-3-5-15/h1-9,12-13H,10-11,14H2,(H,25,28)(H,26,27). The lowest BCUT2D eigenvalue weighted by atomic mass is 10.2. The summed E-state index contributed by atoms with van der Waals surface area (Å²) in [6.45, 7) is 0.533. The zero-order valence-electron chi connectivity index (χ0n) is 17.0. The molecule has 0 saturated heterocycles. The average molecular weight is 429 g/mol. The third kappa shape index (κ3) is 4.11. The maximum atomic E-state index is 12.4. The van der Waals surface area contributed by atoms with Crippen LogP contribution in [0.15, 0.2) is 66.7 Å². The van der Waals surface area contributed by atoms with Crippen LogP contribution in [0.1, 0.15) is 10.4 Å². The van der Waals surface area contributed by atoms with Gasteiger partial charge in [0.15, 0.2) is 18.1 Å². The quantitative estimate of drug-likeness (QED) is 0.468. The van der Waals surface area contributed by atoms with E-state index in [-0.39, 0.29) is 0 Å². The minimum Gasteiger partial charge on any atom is -0.486 e. The van der Waals surface area contributed by atoms with Gasteiger partial charge in [-0.1, -0.05) is 30.3 Å². The fraction of sp³-hybridized carbons (Fsp3) is 0.125. The Morgan fingerprint density at radius 2 is 1.78 bits per heavy atom. The summed E-state index contributed by atoms with van der Waals surface area (Å²) in [5.41, 5.74) is 3.25. The molecule has 3 aromatic carbocycles. The molecule has 4 aromatic rings. The molecule has 0 radical (unpaired) electrons. The fourth-order valence-electron chi connectivity index (χ4n) is 3.40. The number of benzene rings is 3. The van der Waals surface area contributed by atoms with Crippen LogP contribution in [0.2, 0.25) is 0 Å². The monoisotopic (exact) mass is 429 g/mol. The van der Waals surface area contributed by atoms with E-state index in [1.54, 1.807) is 36.4 Å². The van der Waals surface area contributed by atoms with Gasteiger partial charge < -0.3 is 24.5 Å². The van der Waals surface area contributed by atoms with Crippen molar-refractivity contribution in [3.05, 3.63) is 72.3 Å². The number of hydrogen-bond acceptors (Lipinski definition) is 6. The third-order valence-corrected chi connectivity index (χ3v) is 4.93. The molecule has 0 saturated carbocycles. The number of carbonyl (C=O) groups excluding carboxylic acids is 2. The highest BCUT2D eigenvalue weighted by Gasteiger charge is 2.15. The summed E-state index contributed by atoms with van der Waals surface area (Å²) in [5, 5.41) is 2.68. The SMILES string of the molecule is O=C(COC(=O)c1ccc2nc(-c3ccccc3)[nH]c2c1)Nc1ccc2c(c1)OCCO2. The molecule has 0 fully saturated rings. The molecule has 2 N–H and O–H groups in total. The number of aromatic amines is 1. The number of rotatable bonds is 5. The van der Waals surface area contributed by atoms with Crippen LogP contribution in [0.3, 0.4) is 0 Å². The van der Waals surface area contributed by atoms with Crippen LogP contribution in [-0.2, 0) is 9.53 Å². The summed E-state index contributed by atoms with van der Waals surface area (Å²) >= 11 is 0. The molecule has 5 rings (SSSR count). The van der Waals surface area contributed by atoms with Gasteiger partial charge in [-0.2, -0.15) is 0 Å². The van der Waals surface area contributed by atoms with Gasteiger partial charge in [0.1, 0.15) is 19.0 Å². The maximum absolute atomic E-state index is 12.4.